The summed E-state index contributed by atoms with van der Waals surface area (Å²) < 4.78 is 11.9. The molecule has 2 rings (SSSR count). The van der Waals surface area contributed by atoms with Crippen molar-refractivity contribution in [3.63, 3.8) is 0 Å². The molecule has 0 atom stereocenters. The van der Waals surface area contributed by atoms with Crippen LogP contribution < -0.4 is 9.47 Å². The standard InChI is InChI=1S/C14H11IO3/c1-17-14-7-6-13(8-10(14)9-16)18-12-4-2-11(15)3-5-12/h2-9H,1H3. The second-order valence-electron chi connectivity index (χ2n) is 3.58. The van der Waals surface area contributed by atoms with Crippen LogP contribution in [0.15, 0.2) is 42.5 Å². The lowest BCUT2D eigenvalue weighted by molar-refractivity contribution is 0.112. The van der Waals surface area contributed by atoms with Gasteiger partial charge >= 0.3 is 0 Å². The van der Waals surface area contributed by atoms with Crippen LogP contribution in [0.2, 0.25) is 0 Å². The lowest BCUT2D eigenvalue weighted by atomic mass is 10.2. The molecule has 0 N–H and O–H groups in total. The second-order valence-corrected chi connectivity index (χ2v) is 4.82. The minimum atomic E-state index is 0.473. The number of methoxy groups -OCH3 is 1. The Morgan fingerprint density at radius 1 is 1.06 bits per heavy atom. The first-order valence-electron chi connectivity index (χ1n) is 5.29. The molecule has 0 aliphatic heterocycles. The van der Waals surface area contributed by atoms with E-state index in [1.807, 2.05) is 24.3 Å². The molecule has 0 aromatic heterocycles. The lowest BCUT2D eigenvalue weighted by Gasteiger charge is -2.08. The highest BCUT2D eigenvalue weighted by Crippen LogP contribution is 2.27. The first-order valence-corrected chi connectivity index (χ1v) is 6.37. The molecule has 92 valence electrons. The fourth-order valence-electron chi connectivity index (χ4n) is 1.51. The molecule has 0 saturated carbocycles. The summed E-state index contributed by atoms with van der Waals surface area (Å²) in [6.45, 7) is 0. The van der Waals surface area contributed by atoms with E-state index in [2.05, 4.69) is 22.6 Å². The van der Waals surface area contributed by atoms with Gasteiger partial charge in [-0.15, -0.1) is 0 Å². The van der Waals surface area contributed by atoms with Crippen LogP contribution in [0.5, 0.6) is 17.2 Å². The molecular formula is C14H11IO3. The van der Waals surface area contributed by atoms with E-state index in [0.717, 1.165) is 15.6 Å². The summed E-state index contributed by atoms with van der Waals surface area (Å²) in [5.41, 5.74) is 0.473. The van der Waals surface area contributed by atoms with Crippen LogP contribution in [0, 0.1) is 3.57 Å². The zero-order chi connectivity index (χ0) is 13.0. The number of aldehydes is 1. The van der Waals surface area contributed by atoms with Gasteiger partial charge in [-0.3, -0.25) is 4.79 Å². The van der Waals surface area contributed by atoms with Gasteiger partial charge in [0.05, 0.1) is 12.7 Å². The van der Waals surface area contributed by atoms with Crippen molar-refractivity contribution < 1.29 is 14.3 Å². The lowest BCUT2D eigenvalue weighted by Crippen LogP contribution is -1.92. The summed E-state index contributed by atoms with van der Waals surface area (Å²) in [7, 11) is 1.53. The summed E-state index contributed by atoms with van der Waals surface area (Å²) in [6, 6.07) is 12.8. The van der Waals surface area contributed by atoms with E-state index < -0.39 is 0 Å². The third kappa shape index (κ3) is 3.01. The van der Waals surface area contributed by atoms with Crippen LogP contribution in [-0.2, 0) is 0 Å². The Morgan fingerprint density at radius 3 is 2.33 bits per heavy atom. The fourth-order valence-corrected chi connectivity index (χ4v) is 1.87. The number of hydrogen-bond acceptors (Lipinski definition) is 3. The van der Waals surface area contributed by atoms with E-state index >= 15 is 0 Å². The van der Waals surface area contributed by atoms with Crippen LogP contribution in [0.25, 0.3) is 0 Å². The van der Waals surface area contributed by atoms with E-state index in [1.165, 1.54) is 7.11 Å². The summed E-state index contributed by atoms with van der Waals surface area (Å²) in [5, 5.41) is 0. The first-order chi connectivity index (χ1) is 8.72. The average Bonchev–Trinajstić information content (AvgIpc) is 2.41. The van der Waals surface area contributed by atoms with Crippen molar-refractivity contribution >= 4 is 28.9 Å². The van der Waals surface area contributed by atoms with Gasteiger partial charge in [0.1, 0.15) is 17.2 Å². The van der Waals surface area contributed by atoms with Crippen LogP contribution in [0.1, 0.15) is 10.4 Å². The molecule has 0 aliphatic rings. The zero-order valence-electron chi connectivity index (χ0n) is 9.72. The number of carbonyl (C=O) groups excluding carboxylic acids is 1. The van der Waals surface area contributed by atoms with Crippen molar-refractivity contribution in [1.82, 2.24) is 0 Å². The van der Waals surface area contributed by atoms with E-state index in [1.54, 1.807) is 18.2 Å². The van der Waals surface area contributed by atoms with Crippen molar-refractivity contribution in [2.24, 2.45) is 0 Å². The minimum absolute atomic E-state index is 0.473. The van der Waals surface area contributed by atoms with Gasteiger partial charge in [-0.1, -0.05) is 0 Å². The van der Waals surface area contributed by atoms with Gasteiger partial charge in [-0.05, 0) is 65.1 Å². The molecule has 0 unspecified atom stereocenters. The second kappa shape index (κ2) is 5.86. The SMILES string of the molecule is COc1ccc(Oc2ccc(I)cc2)cc1C=O. The molecule has 18 heavy (non-hydrogen) atoms. The number of carbonyl (C=O) groups is 1. The molecule has 3 nitrogen and oxygen atoms in total. The van der Waals surface area contributed by atoms with Crippen molar-refractivity contribution in [2.45, 2.75) is 0 Å². The summed E-state index contributed by atoms with van der Waals surface area (Å²) in [4.78, 5) is 10.9. The summed E-state index contributed by atoms with van der Waals surface area (Å²) in [5.74, 6) is 1.89. The number of hydrogen-bond donors (Lipinski definition) is 0. The van der Waals surface area contributed by atoms with E-state index in [0.29, 0.717) is 17.1 Å². The summed E-state index contributed by atoms with van der Waals surface area (Å²) in [6.07, 6.45) is 0.750. The number of halogens is 1. The fraction of sp³-hybridized carbons (Fsp3) is 0.0714. The van der Waals surface area contributed by atoms with Gasteiger partial charge in [0, 0.05) is 3.57 Å². The topological polar surface area (TPSA) is 35.5 Å². The maximum Gasteiger partial charge on any atom is 0.153 e. The smallest absolute Gasteiger partial charge is 0.153 e. The highest BCUT2D eigenvalue weighted by atomic mass is 127. The Kier molecular flexibility index (Phi) is 4.19. The molecule has 0 fully saturated rings. The zero-order valence-corrected chi connectivity index (χ0v) is 11.9. The molecule has 0 radical (unpaired) electrons. The minimum Gasteiger partial charge on any atom is -0.496 e. The average molecular weight is 354 g/mol. The predicted octanol–water partition coefficient (Wildman–Crippen LogP) is 3.90. The van der Waals surface area contributed by atoms with Crippen molar-refractivity contribution in [2.75, 3.05) is 7.11 Å². The van der Waals surface area contributed by atoms with Crippen molar-refractivity contribution in [1.29, 1.82) is 0 Å². The molecule has 0 spiro atoms. The van der Waals surface area contributed by atoms with Gasteiger partial charge < -0.3 is 9.47 Å². The Hall–Kier alpha value is -1.56. The molecule has 0 bridgehead atoms. The van der Waals surface area contributed by atoms with Crippen LogP contribution in [0.4, 0.5) is 0 Å². The van der Waals surface area contributed by atoms with Crippen molar-refractivity contribution in [3.8, 4) is 17.2 Å². The van der Waals surface area contributed by atoms with Crippen LogP contribution in [0.3, 0.4) is 0 Å². The third-order valence-corrected chi connectivity index (χ3v) is 3.10. The quantitative estimate of drug-likeness (QED) is 0.617. The summed E-state index contributed by atoms with van der Waals surface area (Å²) >= 11 is 2.23. The molecule has 0 amide bonds. The van der Waals surface area contributed by atoms with Crippen LogP contribution >= 0.6 is 22.6 Å². The Labute approximate surface area is 119 Å². The van der Waals surface area contributed by atoms with Gasteiger partial charge in [-0.2, -0.15) is 0 Å². The molecule has 0 heterocycles. The van der Waals surface area contributed by atoms with E-state index in [9.17, 15) is 4.79 Å². The molecule has 2 aromatic carbocycles. The van der Waals surface area contributed by atoms with E-state index in [-0.39, 0.29) is 0 Å². The first kappa shape index (κ1) is 12.9. The Morgan fingerprint density at radius 2 is 1.72 bits per heavy atom. The third-order valence-electron chi connectivity index (χ3n) is 2.38. The molecule has 0 aliphatic carbocycles. The Bertz CT molecular complexity index is 549. The predicted molar refractivity (Wildman–Crippen MR) is 77.6 cm³/mol. The number of ether oxygens (including phenoxy) is 2. The number of rotatable bonds is 4. The monoisotopic (exact) mass is 354 g/mol. The highest BCUT2D eigenvalue weighted by Gasteiger charge is 2.05. The van der Waals surface area contributed by atoms with Crippen molar-refractivity contribution in [3.05, 3.63) is 51.6 Å². The van der Waals surface area contributed by atoms with Gasteiger partial charge in [0.15, 0.2) is 6.29 Å². The molecule has 2 aromatic rings. The Balaban J connectivity index is 2.24. The molecule has 0 saturated heterocycles. The molecule has 4 heteroatoms. The normalized spacial score (nSPS) is 9.89. The van der Waals surface area contributed by atoms with Gasteiger partial charge in [0.2, 0.25) is 0 Å². The van der Waals surface area contributed by atoms with E-state index in [4.69, 9.17) is 9.47 Å². The van der Waals surface area contributed by atoms with Gasteiger partial charge in [-0.25, -0.2) is 0 Å². The number of benzene rings is 2. The van der Waals surface area contributed by atoms with Gasteiger partial charge in [0.25, 0.3) is 0 Å². The molecular weight excluding hydrogens is 343 g/mol. The van der Waals surface area contributed by atoms with Crippen LogP contribution in [-0.4, -0.2) is 13.4 Å². The maximum absolute atomic E-state index is 10.9. The maximum atomic E-state index is 10.9. The largest absolute Gasteiger partial charge is 0.496 e. The highest BCUT2D eigenvalue weighted by molar-refractivity contribution is 14.1.